The van der Waals surface area contributed by atoms with Crippen LogP contribution in [0.4, 0.5) is 17.2 Å². The van der Waals surface area contributed by atoms with Crippen LogP contribution in [-0.2, 0) is 0 Å². The number of rotatable bonds is 3. The molecule has 136 valence electrons. The van der Waals surface area contributed by atoms with E-state index >= 15 is 0 Å². The number of nitrogens with zero attached hydrogens (tertiary/aromatic N) is 5. The number of hydrogen-bond donors (Lipinski definition) is 0. The maximum atomic E-state index is 12.5. The van der Waals surface area contributed by atoms with Gasteiger partial charge in [-0.1, -0.05) is 0 Å². The van der Waals surface area contributed by atoms with Gasteiger partial charge in [0.25, 0.3) is 11.6 Å². The van der Waals surface area contributed by atoms with Gasteiger partial charge in [-0.05, 0) is 19.9 Å². The summed E-state index contributed by atoms with van der Waals surface area (Å²) < 4.78 is 5.95. The number of carbonyl (C=O) groups excluding carboxylic acids is 1. The zero-order chi connectivity index (χ0) is 19.1. The molecular weight excluding hydrogens is 338 g/mol. The molecule has 26 heavy (non-hydrogen) atoms. The lowest BCUT2D eigenvalue weighted by Gasteiger charge is -2.40. The quantitative estimate of drug-likeness (QED) is 0.614. The summed E-state index contributed by atoms with van der Waals surface area (Å²) >= 11 is 0. The molecule has 0 aliphatic carbocycles. The van der Waals surface area contributed by atoms with Gasteiger partial charge in [-0.3, -0.25) is 14.9 Å². The Balaban J connectivity index is 2.19. The minimum absolute atomic E-state index is 0.0681. The summed E-state index contributed by atoms with van der Waals surface area (Å²) in [4.78, 5) is 34.9. The van der Waals surface area contributed by atoms with Crippen molar-refractivity contribution >= 4 is 23.1 Å². The molecule has 1 aliphatic heterocycles. The number of carbonyl (C=O) groups is 1. The lowest BCUT2D eigenvalue weighted by Crippen LogP contribution is -2.45. The van der Waals surface area contributed by atoms with Crippen LogP contribution in [0.15, 0.2) is 30.6 Å². The highest BCUT2D eigenvalue weighted by atomic mass is 16.6. The number of nitro benzene ring substituents is 1. The second kappa shape index (κ2) is 6.25. The molecule has 0 unspecified atom stereocenters. The zero-order valence-electron chi connectivity index (χ0n) is 15.0. The Labute approximate surface area is 150 Å². The molecule has 1 aliphatic rings. The number of hydrogen-bond acceptors (Lipinski definition) is 7. The number of non-ortho nitro benzene ring substituents is 1. The van der Waals surface area contributed by atoms with E-state index < -0.39 is 10.5 Å². The molecular formula is C17H19N5O4. The number of anilines is 2. The summed E-state index contributed by atoms with van der Waals surface area (Å²) in [5.74, 6) is 0.523. The molecule has 3 rings (SSSR count). The second-order valence-corrected chi connectivity index (χ2v) is 6.79. The van der Waals surface area contributed by atoms with Gasteiger partial charge < -0.3 is 14.5 Å². The minimum atomic E-state index is -0.584. The lowest BCUT2D eigenvalue weighted by atomic mass is 10.0. The number of ether oxygens (including phenoxy) is 1. The summed E-state index contributed by atoms with van der Waals surface area (Å²) in [5.41, 5.74) is -0.0000525. The molecule has 0 spiro atoms. The summed E-state index contributed by atoms with van der Waals surface area (Å²) in [6.07, 6.45) is 2.93. The number of nitro groups is 1. The van der Waals surface area contributed by atoms with Gasteiger partial charge in [-0.25, -0.2) is 9.97 Å². The maximum Gasteiger partial charge on any atom is 0.275 e. The SMILES string of the molecule is CN(C)C(=O)c1nccnc1N1CC(C)(C)Oc2ccc([N+](=O)[O-])cc21. The molecule has 0 N–H and O–H groups in total. The van der Waals surface area contributed by atoms with Gasteiger partial charge in [0.05, 0.1) is 17.2 Å². The molecule has 0 saturated heterocycles. The Morgan fingerprint density at radius 2 is 2.00 bits per heavy atom. The lowest BCUT2D eigenvalue weighted by molar-refractivity contribution is -0.384. The second-order valence-electron chi connectivity index (χ2n) is 6.79. The fraction of sp³-hybridized carbons (Fsp3) is 0.353. The predicted molar refractivity (Wildman–Crippen MR) is 94.9 cm³/mol. The Hall–Kier alpha value is -3.23. The molecule has 1 amide bonds. The van der Waals surface area contributed by atoms with Crippen LogP contribution in [-0.4, -0.2) is 51.9 Å². The van der Waals surface area contributed by atoms with E-state index in [0.29, 0.717) is 23.8 Å². The molecule has 0 radical (unpaired) electrons. The fourth-order valence-electron chi connectivity index (χ4n) is 2.79. The maximum absolute atomic E-state index is 12.5. The van der Waals surface area contributed by atoms with E-state index in [4.69, 9.17) is 4.74 Å². The first-order valence-electron chi connectivity index (χ1n) is 7.97. The molecule has 0 fully saturated rings. The summed E-state index contributed by atoms with van der Waals surface area (Å²) in [6, 6.07) is 4.37. The first-order chi connectivity index (χ1) is 12.2. The molecule has 0 bridgehead atoms. The Bertz CT molecular complexity index is 881. The molecule has 2 heterocycles. The van der Waals surface area contributed by atoms with Gasteiger partial charge in [-0.15, -0.1) is 0 Å². The van der Waals surface area contributed by atoms with E-state index in [1.807, 2.05) is 13.8 Å². The molecule has 0 saturated carbocycles. The van der Waals surface area contributed by atoms with Crippen LogP contribution in [0.2, 0.25) is 0 Å². The van der Waals surface area contributed by atoms with Crippen LogP contribution >= 0.6 is 0 Å². The summed E-state index contributed by atoms with van der Waals surface area (Å²) in [5, 5.41) is 11.2. The van der Waals surface area contributed by atoms with Crippen molar-refractivity contribution in [2.75, 3.05) is 25.5 Å². The van der Waals surface area contributed by atoms with Crippen LogP contribution in [0.5, 0.6) is 5.75 Å². The standard InChI is InChI=1S/C17H19N5O4/c1-17(2)10-21(12-9-11(22(24)25)5-6-13(12)26-17)15-14(16(23)20(3)4)18-7-8-19-15/h5-9H,10H2,1-4H3. The van der Waals surface area contributed by atoms with Crippen LogP contribution < -0.4 is 9.64 Å². The van der Waals surface area contributed by atoms with Crippen LogP contribution in [0.25, 0.3) is 0 Å². The smallest absolute Gasteiger partial charge is 0.275 e. The van der Waals surface area contributed by atoms with E-state index in [0.717, 1.165) is 0 Å². The van der Waals surface area contributed by atoms with Crippen LogP contribution in [0, 0.1) is 10.1 Å². The summed E-state index contributed by atoms with van der Waals surface area (Å²) in [7, 11) is 3.26. The highest BCUT2D eigenvalue weighted by Gasteiger charge is 2.36. The van der Waals surface area contributed by atoms with Crippen molar-refractivity contribution in [3.05, 3.63) is 46.4 Å². The Morgan fingerprint density at radius 3 is 2.65 bits per heavy atom. The molecule has 1 aromatic carbocycles. The van der Waals surface area contributed by atoms with Crippen molar-refractivity contribution in [3.8, 4) is 5.75 Å². The van der Waals surface area contributed by atoms with Crippen LogP contribution in [0.1, 0.15) is 24.3 Å². The molecule has 9 nitrogen and oxygen atoms in total. The van der Waals surface area contributed by atoms with Crippen molar-refractivity contribution in [2.24, 2.45) is 0 Å². The van der Waals surface area contributed by atoms with Gasteiger partial charge in [0.2, 0.25) is 0 Å². The highest BCUT2D eigenvalue weighted by Crippen LogP contribution is 2.42. The molecule has 0 atom stereocenters. The molecule has 2 aromatic rings. The number of fused-ring (bicyclic) bond motifs is 1. The van der Waals surface area contributed by atoms with Crippen molar-refractivity contribution in [1.82, 2.24) is 14.9 Å². The van der Waals surface area contributed by atoms with Crippen molar-refractivity contribution in [1.29, 1.82) is 0 Å². The number of benzene rings is 1. The first-order valence-corrected chi connectivity index (χ1v) is 7.97. The fourth-order valence-corrected chi connectivity index (χ4v) is 2.79. The van der Waals surface area contributed by atoms with E-state index in [1.165, 1.54) is 29.4 Å². The third-order valence-corrected chi connectivity index (χ3v) is 3.91. The van der Waals surface area contributed by atoms with Crippen molar-refractivity contribution < 1.29 is 14.5 Å². The average Bonchev–Trinajstić information content (AvgIpc) is 2.59. The normalized spacial score (nSPS) is 15.0. The van der Waals surface area contributed by atoms with Crippen LogP contribution in [0.3, 0.4) is 0 Å². The van der Waals surface area contributed by atoms with E-state index in [-0.39, 0.29) is 17.3 Å². The number of amides is 1. The minimum Gasteiger partial charge on any atom is -0.484 e. The van der Waals surface area contributed by atoms with Gasteiger partial charge in [-0.2, -0.15) is 0 Å². The van der Waals surface area contributed by atoms with E-state index in [2.05, 4.69) is 9.97 Å². The summed E-state index contributed by atoms with van der Waals surface area (Å²) in [6.45, 7) is 4.15. The first kappa shape index (κ1) is 17.6. The van der Waals surface area contributed by atoms with Crippen molar-refractivity contribution in [3.63, 3.8) is 0 Å². The monoisotopic (exact) mass is 357 g/mol. The van der Waals surface area contributed by atoms with E-state index in [1.54, 1.807) is 25.1 Å². The third kappa shape index (κ3) is 3.15. The highest BCUT2D eigenvalue weighted by molar-refractivity contribution is 5.97. The van der Waals surface area contributed by atoms with Gasteiger partial charge in [0.1, 0.15) is 11.4 Å². The Kier molecular flexibility index (Phi) is 4.23. The van der Waals surface area contributed by atoms with Gasteiger partial charge in [0.15, 0.2) is 11.5 Å². The Morgan fingerprint density at radius 1 is 1.31 bits per heavy atom. The van der Waals surface area contributed by atoms with E-state index in [9.17, 15) is 14.9 Å². The molecule has 1 aromatic heterocycles. The third-order valence-electron chi connectivity index (χ3n) is 3.91. The average molecular weight is 357 g/mol. The number of aromatic nitrogens is 2. The predicted octanol–water partition coefficient (Wildman–Crippen LogP) is 2.40. The largest absolute Gasteiger partial charge is 0.484 e. The topological polar surface area (TPSA) is 102 Å². The van der Waals surface area contributed by atoms with Gasteiger partial charge in [0, 0.05) is 38.6 Å². The molecule has 9 heteroatoms. The van der Waals surface area contributed by atoms with Gasteiger partial charge >= 0.3 is 0 Å². The van der Waals surface area contributed by atoms with Crippen molar-refractivity contribution in [2.45, 2.75) is 19.4 Å². The zero-order valence-corrected chi connectivity index (χ0v) is 15.0.